The lowest BCUT2D eigenvalue weighted by atomic mass is 10.1. The van der Waals surface area contributed by atoms with Gasteiger partial charge in [-0.05, 0) is 62.0 Å². The van der Waals surface area contributed by atoms with Gasteiger partial charge in [0.15, 0.2) is 5.11 Å². The van der Waals surface area contributed by atoms with E-state index in [0.717, 1.165) is 11.3 Å². The fourth-order valence-electron chi connectivity index (χ4n) is 3.43. The van der Waals surface area contributed by atoms with Crippen LogP contribution in [-0.4, -0.2) is 39.8 Å². The summed E-state index contributed by atoms with van der Waals surface area (Å²) >= 11 is 5.30. The van der Waals surface area contributed by atoms with Gasteiger partial charge in [-0.3, -0.25) is 24.3 Å². The fraction of sp³-hybridized carbons (Fsp3) is 0.174. The van der Waals surface area contributed by atoms with Crippen molar-refractivity contribution in [1.29, 1.82) is 0 Å². The topological polar surface area (TPSA) is 70.1 Å². The lowest BCUT2D eigenvalue weighted by Gasteiger charge is -2.35. The molecule has 158 valence electrons. The third kappa shape index (κ3) is 3.77. The first-order valence-corrected chi connectivity index (χ1v) is 10.3. The van der Waals surface area contributed by atoms with Crippen LogP contribution < -0.4 is 4.90 Å². The summed E-state index contributed by atoms with van der Waals surface area (Å²) in [7, 11) is 0. The van der Waals surface area contributed by atoms with Gasteiger partial charge in [0.2, 0.25) is 11.8 Å². The third-order valence-electron chi connectivity index (χ3n) is 4.96. The van der Waals surface area contributed by atoms with E-state index in [2.05, 4.69) is 0 Å². The maximum Gasteiger partial charge on any atom is 0.265 e. The number of carbonyl (C=O) groups is 2. The lowest BCUT2D eigenvalue weighted by molar-refractivity contribution is -0.133. The zero-order chi connectivity index (χ0) is 22.0. The Morgan fingerprint density at radius 2 is 1.39 bits per heavy atom. The Labute approximate surface area is 185 Å². The van der Waals surface area contributed by atoms with Crippen LogP contribution in [0.25, 0.3) is 6.08 Å². The Morgan fingerprint density at radius 3 is 1.81 bits per heavy atom. The number of likely N-dealkylation sites (N-methyl/N-ethyl adjacent to an activating group) is 2. The molecule has 0 radical (unpaired) electrons. The van der Waals surface area contributed by atoms with Crippen molar-refractivity contribution >= 4 is 52.7 Å². The van der Waals surface area contributed by atoms with Crippen LogP contribution in [-0.2, 0) is 9.59 Å². The van der Waals surface area contributed by atoms with Crippen LogP contribution in [0.1, 0.15) is 19.4 Å². The molecule has 1 aliphatic heterocycles. The van der Waals surface area contributed by atoms with Gasteiger partial charge in [0.25, 0.3) is 11.8 Å². The maximum absolute atomic E-state index is 12.8. The second-order valence-corrected chi connectivity index (χ2v) is 7.13. The predicted octanol–water partition coefficient (Wildman–Crippen LogP) is 4.72. The SMILES string of the molecule is CCN1C(=O)C(=Cc2ccc(N(c3ccco3)c3ccco3)cc2)C(=O)N(CC)C1=S. The minimum atomic E-state index is -0.376. The molecule has 4 rings (SSSR count). The lowest BCUT2D eigenvalue weighted by Crippen LogP contribution is -2.55. The first kappa shape index (κ1) is 20.6. The molecule has 0 spiro atoms. The first-order chi connectivity index (χ1) is 15.0. The first-order valence-electron chi connectivity index (χ1n) is 9.91. The molecule has 0 unspecified atom stereocenters. The predicted molar refractivity (Wildman–Crippen MR) is 121 cm³/mol. The number of rotatable bonds is 6. The van der Waals surface area contributed by atoms with Crippen molar-refractivity contribution in [3.8, 4) is 0 Å². The highest BCUT2D eigenvalue weighted by atomic mass is 32.1. The van der Waals surface area contributed by atoms with Crippen molar-refractivity contribution in [3.05, 3.63) is 72.2 Å². The van der Waals surface area contributed by atoms with Crippen LogP contribution in [0, 0.1) is 0 Å². The summed E-state index contributed by atoms with van der Waals surface area (Å²) in [6.45, 7) is 4.47. The monoisotopic (exact) mass is 435 g/mol. The summed E-state index contributed by atoms with van der Waals surface area (Å²) in [6.07, 6.45) is 4.78. The van der Waals surface area contributed by atoms with Crippen LogP contribution >= 0.6 is 12.2 Å². The Balaban J connectivity index is 1.67. The van der Waals surface area contributed by atoms with Crippen LogP contribution in [0.5, 0.6) is 0 Å². The minimum absolute atomic E-state index is 0.0963. The molecule has 2 aromatic heterocycles. The summed E-state index contributed by atoms with van der Waals surface area (Å²) < 4.78 is 11.1. The average Bonchev–Trinajstić information content (AvgIpc) is 3.48. The normalized spacial score (nSPS) is 14.4. The number of hydrogen-bond donors (Lipinski definition) is 0. The van der Waals surface area contributed by atoms with Gasteiger partial charge in [0.1, 0.15) is 5.57 Å². The fourth-order valence-corrected chi connectivity index (χ4v) is 3.85. The van der Waals surface area contributed by atoms with E-state index in [1.807, 2.05) is 55.1 Å². The minimum Gasteiger partial charge on any atom is -0.448 e. The largest absolute Gasteiger partial charge is 0.448 e. The molecule has 0 N–H and O–H groups in total. The zero-order valence-corrected chi connectivity index (χ0v) is 18.0. The van der Waals surface area contributed by atoms with Crippen LogP contribution in [0.15, 0.2) is 75.5 Å². The van der Waals surface area contributed by atoms with Crippen molar-refractivity contribution < 1.29 is 18.4 Å². The van der Waals surface area contributed by atoms with Crippen molar-refractivity contribution in [2.24, 2.45) is 0 Å². The molecule has 0 atom stereocenters. The number of amides is 2. The van der Waals surface area contributed by atoms with E-state index in [9.17, 15) is 9.59 Å². The molecule has 1 fully saturated rings. The highest BCUT2D eigenvalue weighted by molar-refractivity contribution is 7.80. The summed E-state index contributed by atoms with van der Waals surface area (Å²) in [5, 5.41) is 0.250. The summed E-state index contributed by atoms with van der Waals surface area (Å²) in [4.78, 5) is 30.3. The van der Waals surface area contributed by atoms with Gasteiger partial charge in [0, 0.05) is 25.2 Å². The molecule has 7 nitrogen and oxygen atoms in total. The second-order valence-electron chi connectivity index (χ2n) is 6.77. The number of benzene rings is 1. The molecule has 8 heteroatoms. The Bertz CT molecular complexity index is 1060. The van der Waals surface area contributed by atoms with Gasteiger partial charge in [-0.15, -0.1) is 0 Å². The van der Waals surface area contributed by atoms with Gasteiger partial charge in [-0.25, -0.2) is 0 Å². The molecule has 0 aliphatic carbocycles. The quantitative estimate of drug-likeness (QED) is 0.317. The molecule has 3 aromatic rings. The van der Waals surface area contributed by atoms with Crippen molar-refractivity contribution in [2.75, 3.05) is 18.0 Å². The number of hydrogen-bond acceptors (Lipinski definition) is 6. The van der Waals surface area contributed by atoms with Crippen LogP contribution in [0.2, 0.25) is 0 Å². The van der Waals surface area contributed by atoms with Crippen LogP contribution in [0.3, 0.4) is 0 Å². The van der Waals surface area contributed by atoms with Crippen molar-refractivity contribution in [3.63, 3.8) is 0 Å². The van der Waals surface area contributed by atoms with Gasteiger partial charge in [0.05, 0.1) is 18.2 Å². The smallest absolute Gasteiger partial charge is 0.265 e. The van der Waals surface area contributed by atoms with Crippen LogP contribution in [0.4, 0.5) is 17.5 Å². The molecule has 0 saturated carbocycles. The number of furan rings is 2. The Hall–Kier alpha value is -3.65. The molecule has 2 amide bonds. The van der Waals surface area contributed by atoms with E-state index in [0.29, 0.717) is 24.9 Å². The number of thiocarbonyl (C=S) groups is 1. The summed E-state index contributed by atoms with van der Waals surface area (Å²) in [5.41, 5.74) is 1.62. The third-order valence-corrected chi connectivity index (χ3v) is 5.40. The molecule has 1 aromatic carbocycles. The van der Waals surface area contributed by atoms with Gasteiger partial charge < -0.3 is 8.83 Å². The highest BCUT2D eigenvalue weighted by Crippen LogP contribution is 2.35. The molecule has 0 bridgehead atoms. The van der Waals surface area contributed by atoms with Gasteiger partial charge >= 0.3 is 0 Å². The van der Waals surface area contributed by atoms with Gasteiger partial charge in [-0.1, -0.05) is 12.1 Å². The van der Waals surface area contributed by atoms with E-state index in [1.165, 1.54) is 9.80 Å². The number of anilines is 3. The summed E-state index contributed by atoms with van der Waals surface area (Å²) in [6, 6.07) is 14.7. The highest BCUT2D eigenvalue weighted by Gasteiger charge is 2.37. The Morgan fingerprint density at radius 1 is 0.871 bits per heavy atom. The molecule has 3 heterocycles. The standard InChI is InChI=1S/C23H21N3O4S/c1-3-24-21(27)18(22(28)25(4-2)23(24)31)15-16-9-11-17(12-10-16)26(19-7-5-13-29-19)20-8-6-14-30-20/h5-15H,3-4H2,1-2H3. The Kier molecular flexibility index (Phi) is 5.73. The maximum atomic E-state index is 12.8. The molecule has 1 aliphatic rings. The van der Waals surface area contributed by atoms with Crippen molar-refractivity contribution in [2.45, 2.75) is 13.8 Å². The average molecular weight is 436 g/mol. The van der Waals surface area contributed by atoms with E-state index in [4.69, 9.17) is 21.1 Å². The summed E-state index contributed by atoms with van der Waals surface area (Å²) in [5.74, 6) is 0.451. The van der Waals surface area contributed by atoms with E-state index >= 15 is 0 Å². The zero-order valence-electron chi connectivity index (χ0n) is 17.1. The molecular weight excluding hydrogens is 414 g/mol. The van der Waals surface area contributed by atoms with Gasteiger partial charge in [-0.2, -0.15) is 0 Å². The van der Waals surface area contributed by atoms with E-state index in [-0.39, 0.29) is 22.5 Å². The number of carbonyl (C=O) groups excluding carboxylic acids is 2. The van der Waals surface area contributed by atoms with Crippen molar-refractivity contribution in [1.82, 2.24) is 9.80 Å². The molecular formula is C23H21N3O4S. The number of nitrogens with zero attached hydrogens (tertiary/aromatic N) is 3. The molecule has 1 saturated heterocycles. The van der Waals surface area contributed by atoms with E-state index in [1.54, 1.807) is 30.7 Å². The second kappa shape index (κ2) is 8.61. The van der Waals surface area contributed by atoms with E-state index < -0.39 is 0 Å². The molecule has 31 heavy (non-hydrogen) atoms.